The van der Waals surface area contributed by atoms with Gasteiger partial charge in [0, 0.05) is 12.4 Å². The standard InChI is InChI=1S/C5H5N.ClH/c1-2-4-6-5-3-1;/h1-5H;1H. The van der Waals surface area contributed by atoms with Crippen LogP contribution in [-0.2, 0) is 0 Å². The van der Waals surface area contributed by atoms with Gasteiger partial charge in [0.2, 0.25) is 0 Å². The molecule has 0 N–H and O–H groups in total. The summed E-state index contributed by atoms with van der Waals surface area (Å²) in [6, 6.07) is 5.72. The Kier molecular flexibility index (Phi) is 3.33. The van der Waals surface area contributed by atoms with E-state index in [9.17, 15) is 0 Å². The molecular formula is C5H6ClN. The van der Waals surface area contributed by atoms with Crippen LogP contribution >= 0.6 is 12.4 Å². The summed E-state index contributed by atoms with van der Waals surface area (Å²) in [4.78, 5) is 3.78. The lowest BCUT2D eigenvalue weighted by Gasteiger charge is -1.70. The van der Waals surface area contributed by atoms with Crippen molar-refractivity contribution in [3.63, 3.8) is 0 Å². The molecule has 1 rings (SSSR count). The van der Waals surface area contributed by atoms with E-state index in [0.717, 1.165) is 0 Å². The van der Waals surface area contributed by atoms with E-state index in [1.807, 2.05) is 18.2 Å². The highest BCUT2D eigenvalue weighted by atomic mass is 35.5. The number of rotatable bonds is 0. The molecule has 0 amide bonds. The smallest absolute Gasteiger partial charge is 0.0267 e. The first-order valence-corrected chi connectivity index (χ1v) is 1.85. The van der Waals surface area contributed by atoms with E-state index in [1.165, 1.54) is 0 Å². The SMILES string of the molecule is Cl.c1ccncc1. The highest BCUT2D eigenvalue weighted by molar-refractivity contribution is 5.85. The molecule has 0 aliphatic heterocycles. The normalized spacial score (nSPS) is 6.86. The van der Waals surface area contributed by atoms with Crippen molar-refractivity contribution in [3.05, 3.63) is 30.6 Å². The predicted octanol–water partition coefficient (Wildman–Crippen LogP) is 1.50. The van der Waals surface area contributed by atoms with Gasteiger partial charge in [0.15, 0.2) is 0 Å². The second-order valence-corrected chi connectivity index (χ2v) is 1.02. The van der Waals surface area contributed by atoms with Crippen LogP contribution in [0.15, 0.2) is 30.6 Å². The third-order valence-corrected chi connectivity index (χ3v) is 0.566. The van der Waals surface area contributed by atoms with Gasteiger partial charge in [-0.3, -0.25) is 4.98 Å². The fraction of sp³-hybridized carbons (Fsp3) is 0. The molecule has 1 aromatic rings. The summed E-state index contributed by atoms with van der Waals surface area (Å²) >= 11 is 0. The lowest BCUT2D eigenvalue weighted by atomic mass is 10.5. The zero-order valence-electron chi connectivity index (χ0n) is 3.74. The minimum atomic E-state index is 0. The topological polar surface area (TPSA) is 12.9 Å². The Morgan fingerprint density at radius 1 is 0.857 bits per heavy atom. The first kappa shape index (κ1) is 6.44. The van der Waals surface area contributed by atoms with Gasteiger partial charge in [0.05, 0.1) is 0 Å². The third kappa shape index (κ3) is 2.18. The molecule has 0 aromatic carbocycles. The van der Waals surface area contributed by atoms with E-state index in [0.29, 0.717) is 0 Å². The Labute approximate surface area is 48.8 Å². The minimum Gasteiger partial charge on any atom is -0.265 e. The van der Waals surface area contributed by atoms with Crippen LogP contribution in [0.5, 0.6) is 0 Å². The van der Waals surface area contributed by atoms with E-state index in [4.69, 9.17) is 0 Å². The zero-order valence-corrected chi connectivity index (χ0v) is 4.56. The van der Waals surface area contributed by atoms with Gasteiger partial charge in [0.1, 0.15) is 0 Å². The van der Waals surface area contributed by atoms with Gasteiger partial charge in [-0.25, -0.2) is 0 Å². The first-order valence-electron chi connectivity index (χ1n) is 1.85. The summed E-state index contributed by atoms with van der Waals surface area (Å²) in [5.41, 5.74) is 0. The van der Waals surface area contributed by atoms with Crippen LogP contribution < -0.4 is 0 Å². The van der Waals surface area contributed by atoms with Crippen molar-refractivity contribution >= 4 is 12.4 Å². The Morgan fingerprint density at radius 2 is 1.43 bits per heavy atom. The molecule has 1 heterocycles. The Morgan fingerprint density at radius 3 is 1.57 bits per heavy atom. The average molecular weight is 116 g/mol. The molecular weight excluding hydrogens is 110 g/mol. The van der Waals surface area contributed by atoms with E-state index >= 15 is 0 Å². The summed E-state index contributed by atoms with van der Waals surface area (Å²) in [5, 5.41) is 0. The van der Waals surface area contributed by atoms with Gasteiger partial charge < -0.3 is 0 Å². The molecule has 1 aromatic heterocycles. The van der Waals surface area contributed by atoms with Gasteiger partial charge in [-0.1, -0.05) is 6.07 Å². The molecule has 0 saturated carbocycles. The molecule has 0 aliphatic carbocycles. The van der Waals surface area contributed by atoms with Crippen molar-refractivity contribution in [1.82, 2.24) is 4.98 Å². The molecule has 7 heavy (non-hydrogen) atoms. The van der Waals surface area contributed by atoms with Gasteiger partial charge in [-0.05, 0) is 12.1 Å². The van der Waals surface area contributed by atoms with Crippen LogP contribution in [0.4, 0.5) is 0 Å². The largest absolute Gasteiger partial charge is 0.265 e. The maximum absolute atomic E-state index is 3.78. The number of nitrogens with zero attached hydrogens (tertiary/aromatic N) is 1. The first-order chi connectivity index (χ1) is 3.00. The lowest BCUT2D eigenvalue weighted by Crippen LogP contribution is -1.58. The Balaban J connectivity index is 0.000000360. The minimum absolute atomic E-state index is 0. The van der Waals surface area contributed by atoms with Crippen LogP contribution in [-0.4, -0.2) is 4.98 Å². The summed E-state index contributed by atoms with van der Waals surface area (Å²) in [7, 11) is 0. The lowest BCUT2D eigenvalue weighted by molar-refractivity contribution is 1.33. The maximum atomic E-state index is 3.78. The summed E-state index contributed by atoms with van der Waals surface area (Å²) in [6.07, 6.45) is 3.50. The number of pyridine rings is 1. The van der Waals surface area contributed by atoms with Crippen molar-refractivity contribution < 1.29 is 0 Å². The van der Waals surface area contributed by atoms with Crippen molar-refractivity contribution in [2.45, 2.75) is 0 Å². The van der Waals surface area contributed by atoms with Crippen LogP contribution in [0.3, 0.4) is 0 Å². The number of halogens is 1. The van der Waals surface area contributed by atoms with Crippen LogP contribution in [0.2, 0.25) is 0 Å². The van der Waals surface area contributed by atoms with Crippen molar-refractivity contribution in [3.8, 4) is 0 Å². The Hall–Kier alpha value is -0.560. The van der Waals surface area contributed by atoms with Gasteiger partial charge >= 0.3 is 0 Å². The van der Waals surface area contributed by atoms with Crippen LogP contribution in [0.25, 0.3) is 0 Å². The zero-order chi connectivity index (χ0) is 4.24. The van der Waals surface area contributed by atoms with Gasteiger partial charge in [-0.15, -0.1) is 12.4 Å². The molecule has 0 bridgehead atoms. The van der Waals surface area contributed by atoms with E-state index < -0.39 is 0 Å². The van der Waals surface area contributed by atoms with Gasteiger partial charge in [-0.2, -0.15) is 0 Å². The summed E-state index contributed by atoms with van der Waals surface area (Å²) in [5.74, 6) is 0. The fourth-order valence-corrected chi connectivity index (χ4v) is 0.313. The van der Waals surface area contributed by atoms with Crippen LogP contribution in [0, 0.1) is 0 Å². The second kappa shape index (κ2) is 3.62. The maximum Gasteiger partial charge on any atom is 0.0267 e. The van der Waals surface area contributed by atoms with Crippen LogP contribution in [0.1, 0.15) is 0 Å². The second-order valence-electron chi connectivity index (χ2n) is 1.02. The van der Waals surface area contributed by atoms with E-state index in [-0.39, 0.29) is 12.4 Å². The highest BCUT2D eigenvalue weighted by Gasteiger charge is 1.58. The number of hydrogen-bond acceptors (Lipinski definition) is 1. The van der Waals surface area contributed by atoms with Gasteiger partial charge in [0.25, 0.3) is 0 Å². The van der Waals surface area contributed by atoms with E-state index in [1.54, 1.807) is 12.4 Å². The average Bonchev–Trinajstić information content (AvgIpc) is 1.72. The molecule has 1 nitrogen and oxygen atoms in total. The molecule has 0 fully saturated rings. The molecule has 0 unspecified atom stereocenters. The molecule has 0 aliphatic rings. The summed E-state index contributed by atoms with van der Waals surface area (Å²) in [6.45, 7) is 0. The molecule has 2 heteroatoms. The van der Waals surface area contributed by atoms with Crippen molar-refractivity contribution in [1.29, 1.82) is 0 Å². The number of hydrogen-bond donors (Lipinski definition) is 0. The predicted molar refractivity (Wildman–Crippen MR) is 31.5 cm³/mol. The molecule has 0 radical (unpaired) electrons. The fourth-order valence-electron chi connectivity index (χ4n) is 0.313. The summed E-state index contributed by atoms with van der Waals surface area (Å²) < 4.78 is 0. The Bertz CT molecular complexity index is 80.0. The van der Waals surface area contributed by atoms with Crippen molar-refractivity contribution in [2.24, 2.45) is 0 Å². The molecule has 38 valence electrons. The molecule has 0 saturated heterocycles. The third-order valence-electron chi connectivity index (χ3n) is 0.566. The van der Waals surface area contributed by atoms with Crippen molar-refractivity contribution in [2.75, 3.05) is 0 Å². The molecule has 0 spiro atoms. The monoisotopic (exact) mass is 115 g/mol. The molecule has 0 atom stereocenters. The van der Waals surface area contributed by atoms with E-state index in [2.05, 4.69) is 4.98 Å². The quantitative estimate of drug-likeness (QED) is 0.500. The number of aromatic nitrogens is 1. The highest BCUT2D eigenvalue weighted by Crippen LogP contribution is 1.73.